The lowest BCUT2D eigenvalue weighted by atomic mass is 9.84. The van der Waals surface area contributed by atoms with Gasteiger partial charge in [0.15, 0.2) is 0 Å². The third kappa shape index (κ3) is 2.55. The molecule has 1 amide bonds. The molecule has 92 valence electrons. The summed E-state index contributed by atoms with van der Waals surface area (Å²) in [5.74, 6) is 0.834. The van der Waals surface area contributed by atoms with Crippen LogP contribution < -0.4 is 11.1 Å². The summed E-state index contributed by atoms with van der Waals surface area (Å²) in [6, 6.07) is 0.465. The molecule has 0 aromatic carbocycles. The number of carbonyl (C=O) groups excluding carboxylic acids is 1. The number of nitrogens with zero attached hydrogens (tertiary/aromatic N) is 1. The number of hydrogen-bond donors (Lipinski definition) is 2. The zero-order valence-electron chi connectivity index (χ0n) is 9.95. The summed E-state index contributed by atoms with van der Waals surface area (Å²) in [6.07, 6.45) is 6.00. The SMILES string of the molecule is NCC(=O)N1CCCCC1C1CCNCC1. The van der Waals surface area contributed by atoms with E-state index in [4.69, 9.17) is 5.73 Å². The Balaban J connectivity index is 2.00. The first-order valence-electron chi connectivity index (χ1n) is 6.53. The highest BCUT2D eigenvalue weighted by Gasteiger charge is 2.32. The molecular weight excluding hydrogens is 202 g/mol. The van der Waals surface area contributed by atoms with Crippen molar-refractivity contribution in [3.8, 4) is 0 Å². The number of likely N-dealkylation sites (tertiary alicyclic amines) is 1. The molecule has 2 aliphatic rings. The van der Waals surface area contributed by atoms with Crippen molar-refractivity contribution in [1.29, 1.82) is 0 Å². The highest BCUT2D eigenvalue weighted by Crippen LogP contribution is 2.28. The Hall–Kier alpha value is -0.610. The molecule has 2 heterocycles. The van der Waals surface area contributed by atoms with Crippen LogP contribution in [0.25, 0.3) is 0 Å². The minimum absolute atomic E-state index is 0.142. The van der Waals surface area contributed by atoms with E-state index in [9.17, 15) is 4.79 Å². The second-order valence-corrected chi connectivity index (χ2v) is 4.94. The summed E-state index contributed by atoms with van der Waals surface area (Å²) in [4.78, 5) is 13.9. The molecule has 16 heavy (non-hydrogen) atoms. The van der Waals surface area contributed by atoms with E-state index >= 15 is 0 Å². The van der Waals surface area contributed by atoms with E-state index in [1.807, 2.05) is 0 Å². The molecule has 2 saturated heterocycles. The molecule has 4 heteroatoms. The number of nitrogens with one attached hydrogen (secondary N) is 1. The normalized spacial score (nSPS) is 28.1. The Labute approximate surface area is 97.6 Å². The van der Waals surface area contributed by atoms with Crippen LogP contribution in [0.5, 0.6) is 0 Å². The highest BCUT2D eigenvalue weighted by molar-refractivity contribution is 5.78. The minimum atomic E-state index is 0.142. The van der Waals surface area contributed by atoms with Crippen LogP contribution in [0.4, 0.5) is 0 Å². The summed E-state index contributed by atoms with van der Waals surface area (Å²) in [6.45, 7) is 3.30. The Morgan fingerprint density at radius 2 is 2.00 bits per heavy atom. The lowest BCUT2D eigenvalue weighted by Crippen LogP contribution is -2.51. The lowest BCUT2D eigenvalue weighted by Gasteiger charge is -2.42. The summed E-state index contributed by atoms with van der Waals surface area (Å²) >= 11 is 0. The smallest absolute Gasteiger partial charge is 0.236 e. The van der Waals surface area contributed by atoms with Crippen LogP contribution in [-0.2, 0) is 4.79 Å². The topological polar surface area (TPSA) is 58.4 Å². The molecule has 0 spiro atoms. The molecule has 2 aliphatic heterocycles. The molecule has 0 aliphatic carbocycles. The van der Waals surface area contributed by atoms with Crippen molar-refractivity contribution in [3.63, 3.8) is 0 Å². The van der Waals surface area contributed by atoms with Gasteiger partial charge in [-0.2, -0.15) is 0 Å². The molecule has 2 fully saturated rings. The zero-order chi connectivity index (χ0) is 11.4. The first-order chi connectivity index (χ1) is 7.83. The molecule has 1 atom stereocenters. The van der Waals surface area contributed by atoms with E-state index in [2.05, 4.69) is 10.2 Å². The molecule has 2 rings (SSSR count). The zero-order valence-corrected chi connectivity index (χ0v) is 9.95. The van der Waals surface area contributed by atoms with Crippen LogP contribution in [0.2, 0.25) is 0 Å². The summed E-state index contributed by atoms with van der Waals surface area (Å²) in [5, 5.41) is 3.38. The Morgan fingerprint density at radius 1 is 1.25 bits per heavy atom. The van der Waals surface area contributed by atoms with Crippen LogP contribution in [0.15, 0.2) is 0 Å². The molecule has 1 unspecified atom stereocenters. The minimum Gasteiger partial charge on any atom is -0.338 e. The molecule has 0 radical (unpaired) electrons. The maximum atomic E-state index is 11.8. The molecule has 4 nitrogen and oxygen atoms in total. The number of piperidine rings is 2. The van der Waals surface area contributed by atoms with E-state index in [1.54, 1.807) is 0 Å². The largest absolute Gasteiger partial charge is 0.338 e. The standard InChI is InChI=1S/C12H23N3O/c13-9-12(16)15-8-2-1-3-11(15)10-4-6-14-7-5-10/h10-11,14H,1-9,13H2. The van der Waals surface area contributed by atoms with Crippen molar-refractivity contribution in [2.45, 2.75) is 38.1 Å². The van der Waals surface area contributed by atoms with Gasteiger partial charge >= 0.3 is 0 Å². The monoisotopic (exact) mass is 225 g/mol. The van der Waals surface area contributed by atoms with Crippen LogP contribution in [0.3, 0.4) is 0 Å². The number of nitrogens with two attached hydrogens (primary N) is 1. The average Bonchev–Trinajstić information content (AvgIpc) is 2.39. The molecule has 3 N–H and O–H groups in total. The van der Waals surface area contributed by atoms with E-state index in [0.717, 1.165) is 26.1 Å². The van der Waals surface area contributed by atoms with Crippen molar-refractivity contribution < 1.29 is 4.79 Å². The first-order valence-corrected chi connectivity index (χ1v) is 6.53. The molecule has 0 bridgehead atoms. The fourth-order valence-electron chi connectivity index (χ4n) is 3.10. The third-order valence-electron chi connectivity index (χ3n) is 3.97. The van der Waals surface area contributed by atoms with Crippen LogP contribution >= 0.6 is 0 Å². The van der Waals surface area contributed by atoms with Gasteiger partial charge in [0.2, 0.25) is 5.91 Å². The predicted molar refractivity (Wildman–Crippen MR) is 64.0 cm³/mol. The maximum absolute atomic E-state index is 11.8. The Bertz CT molecular complexity index is 238. The third-order valence-corrected chi connectivity index (χ3v) is 3.97. The second kappa shape index (κ2) is 5.64. The quantitative estimate of drug-likeness (QED) is 0.712. The number of hydrogen-bond acceptors (Lipinski definition) is 3. The predicted octanol–water partition coefficient (Wildman–Crippen LogP) is 0.326. The van der Waals surface area contributed by atoms with Gasteiger partial charge in [-0.25, -0.2) is 0 Å². The van der Waals surface area contributed by atoms with Crippen molar-refractivity contribution in [1.82, 2.24) is 10.2 Å². The van der Waals surface area contributed by atoms with Crippen molar-refractivity contribution in [2.75, 3.05) is 26.2 Å². The maximum Gasteiger partial charge on any atom is 0.236 e. The van der Waals surface area contributed by atoms with Crippen LogP contribution in [0.1, 0.15) is 32.1 Å². The van der Waals surface area contributed by atoms with E-state index in [-0.39, 0.29) is 12.5 Å². The van der Waals surface area contributed by atoms with Crippen molar-refractivity contribution >= 4 is 5.91 Å². The van der Waals surface area contributed by atoms with Crippen molar-refractivity contribution in [2.24, 2.45) is 11.7 Å². The highest BCUT2D eigenvalue weighted by atomic mass is 16.2. The van der Waals surface area contributed by atoms with Gasteiger partial charge in [0.05, 0.1) is 6.54 Å². The molecular formula is C12H23N3O. The number of rotatable bonds is 2. The second-order valence-electron chi connectivity index (χ2n) is 4.94. The van der Waals surface area contributed by atoms with Crippen LogP contribution in [-0.4, -0.2) is 43.0 Å². The van der Waals surface area contributed by atoms with Gasteiger partial charge in [0.1, 0.15) is 0 Å². The first kappa shape index (κ1) is 11.9. The van der Waals surface area contributed by atoms with E-state index in [1.165, 1.54) is 25.7 Å². The fourth-order valence-corrected chi connectivity index (χ4v) is 3.10. The number of amides is 1. The Morgan fingerprint density at radius 3 is 2.69 bits per heavy atom. The van der Waals surface area contributed by atoms with Gasteiger partial charge in [0, 0.05) is 12.6 Å². The van der Waals surface area contributed by atoms with Gasteiger partial charge in [-0.15, -0.1) is 0 Å². The summed E-state index contributed by atoms with van der Waals surface area (Å²) < 4.78 is 0. The van der Waals surface area contributed by atoms with Crippen LogP contribution in [0, 0.1) is 5.92 Å². The number of carbonyl (C=O) groups is 1. The van der Waals surface area contributed by atoms with Gasteiger partial charge in [-0.3, -0.25) is 4.79 Å². The summed E-state index contributed by atoms with van der Waals surface area (Å²) in [5.41, 5.74) is 5.49. The summed E-state index contributed by atoms with van der Waals surface area (Å²) in [7, 11) is 0. The van der Waals surface area contributed by atoms with Gasteiger partial charge in [0.25, 0.3) is 0 Å². The molecule has 0 aromatic rings. The van der Waals surface area contributed by atoms with E-state index in [0.29, 0.717) is 12.0 Å². The molecule has 0 aromatic heterocycles. The lowest BCUT2D eigenvalue weighted by molar-refractivity contribution is -0.135. The molecule has 0 saturated carbocycles. The van der Waals surface area contributed by atoms with Gasteiger partial charge in [-0.05, 0) is 51.1 Å². The fraction of sp³-hybridized carbons (Fsp3) is 0.917. The Kier molecular flexibility index (Phi) is 4.18. The van der Waals surface area contributed by atoms with E-state index < -0.39 is 0 Å². The van der Waals surface area contributed by atoms with Crippen molar-refractivity contribution in [3.05, 3.63) is 0 Å². The van der Waals surface area contributed by atoms with Gasteiger partial charge in [-0.1, -0.05) is 0 Å². The van der Waals surface area contributed by atoms with Gasteiger partial charge < -0.3 is 16.0 Å². The average molecular weight is 225 g/mol.